The SMILES string of the molecule is CC(=NNC(=O)C(O)(c1ccccc1)c1ccccc1)c1ccc(Br)cc1. The van der Waals surface area contributed by atoms with Crippen molar-refractivity contribution in [2.45, 2.75) is 12.5 Å². The topological polar surface area (TPSA) is 61.7 Å². The zero-order valence-corrected chi connectivity index (χ0v) is 16.3. The van der Waals surface area contributed by atoms with Gasteiger partial charge in [-0.3, -0.25) is 4.79 Å². The van der Waals surface area contributed by atoms with E-state index in [9.17, 15) is 9.90 Å². The third-order valence-corrected chi connectivity index (χ3v) is 4.83. The van der Waals surface area contributed by atoms with Crippen molar-refractivity contribution in [3.63, 3.8) is 0 Å². The van der Waals surface area contributed by atoms with Crippen molar-refractivity contribution in [1.29, 1.82) is 0 Å². The van der Waals surface area contributed by atoms with Gasteiger partial charge in [-0.1, -0.05) is 88.7 Å². The zero-order valence-electron chi connectivity index (χ0n) is 14.8. The minimum Gasteiger partial charge on any atom is -0.372 e. The molecule has 3 aromatic carbocycles. The third-order valence-electron chi connectivity index (χ3n) is 4.30. The molecule has 0 aliphatic heterocycles. The first kappa shape index (κ1) is 19.0. The molecule has 4 nitrogen and oxygen atoms in total. The average Bonchev–Trinajstić information content (AvgIpc) is 2.73. The molecule has 0 aliphatic rings. The molecule has 2 N–H and O–H groups in total. The van der Waals surface area contributed by atoms with Gasteiger partial charge in [0.25, 0.3) is 5.91 Å². The summed E-state index contributed by atoms with van der Waals surface area (Å²) in [5.74, 6) is -0.614. The minimum atomic E-state index is -1.84. The van der Waals surface area contributed by atoms with Crippen LogP contribution in [0, 0.1) is 0 Å². The van der Waals surface area contributed by atoms with E-state index in [1.54, 1.807) is 55.5 Å². The second kappa shape index (κ2) is 8.29. The Labute approximate surface area is 166 Å². The van der Waals surface area contributed by atoms with Gasteiger partial charge in [0, 0.05) is 4.47 Å². The maximum Gasteiger partial charge on any atom is 0.281 e. The lowest BCUT2D eigenvalue weighted by Crippen LogP contribution is -2.43. The van der Waals surface area contributed by atoms with E-state index in [2.05, 4.69) is 26.5 Å². The highest BCUT2D eigenvalue weighted by atomic mass is 79.9. The summed E-state index contributed by atoms with van der Waals surface area (Å²) in [7, 11) is 0. The van der Waals surface area contributed by atoms with Crippen LogP contribution >= 0.6 is 15.9 Å². The summed E-state index contributed by atoms with van der Waals surface area (Å²) in [6.45, 7) is 1.80. The molecule has 0 unspecified atom stereocenters. The summed E-state index contributed by atoms with van der Waals surface area (Å²) in [5, 5.41) is 15.5. The summed E-state index contributed by atoms with van der Waals surface area (Å²) in [5.41, 5.74) is 3.15. The first-order chi connectivity index (χ1) is 13.0. The Morgan fingerprint density at radius 3 is 1.85 bits per heavy atom. The molecule has 0 aromatic heterocycles. The maximum atomic E-state index is 13.0. The molecule has 0 spiro atoms. The normalized spacial score (nSPS) is 11.9. The van der Waals surface area contributed by atoms with Crippen molar-refractivity contribution >= 4 is 27.5 Å². The van der Waals surface area contributed by atoms with E-state index in [1.807, 2.05) is 36.4 Å². The summed E-state index contributed by atoms with van der Waals surface area (Å²) < 4.78 is 0.964. The van der Waals surface area contributed by atoms with Gasteiger partial charge >= 0.3 is 0 Å². The fourth-order valence-corrected chi connectivity index (χ4v) is 3.02. The predicted octanol–water partition coefficient (Wildman–Crippen LogP) is 4.23. The summed E-state index contributed by atoms with van der Waals surface area (Å²) >= 11 is 3.39. The molecule has 27 heavy (non-hydrogen) atoms. The Kier molecular flexibility index (Phi) is 5.84. The van der Waals surface area contributed by atoms with E-state index >= 15 is 0 Å². The molecule has 0 aliphatic carbocycles. The second-order valence-electron chi connectivity index (χ2n) is 6.09. The highest BCUT2D eigenvalue weighted by molar-refractivity contribution is 9.10. The van der Waals surface area contributed by atoms with Crippen molar-refractivity contribution in [3.05, 3.63) is 106 Å². The van der Waals surface area contributed by atoms with Gasteiger partial charge in [0.2, 0.25) is 0 Å². The van der Waals surface area contributed by atoms with Crippen LogP contribution in [0.25, 0.3) is 0 Å². The van der Waals surface area contributed by atoms with Gasteiger partial charge < -0.3 is 5.11 Å². The number of nitrogens with zero attached hydrogens (tertiary/aromatic N) is 1. The highest BCUT2D eigenvalue weighted by Crippen LogP contribution is 2.29. The fourth-order valence-electron chi connectivity index (χ4n) is 2.76. The first-order valence-electron chi connectivity index (χ1n) is 8.46. The molecule has 0 atom stereocenters. The molecule has 3 rings (SSSR count). The van der Waals surface area contributed by atoms with Gasteiger partial charge in [-0.25, -0.2) is 5.43 Å². The number of hydrogen-bond acceptors (Lipinski definition) is 3. The van der Waals surface area contributed by atoms with Crippen LogP contribution < -0.4 is 5.43 Å². The van der Waals surface area contributed by atoms with E-state index < -0.39 is 11.5 Å². The average molecular weight is 423 g/mol. The van der Waals surface area contributed by atoms with E-state index in [1.165, 1.54) is 0 Å². The van der Waals surface area contributed by atoms with Crippen molar-refractivity contribution in [1.82, 2.24) is 5.43 Å². The smallest absolute Gasteiger partial charge is 0.281 e. The Bertz CT molecular complexity index is 900. The molecule has 3 aromatic rings. The van der Waals surface area contributed by atoms with Gasteiger partial charge in [0.1, 0.15) is 0 Å². The summed E-state index contributed by atoms with van der Waals surface area (Å²) in [6, 6.07) is 25.3. The maximum absolute atomic E-state index is 13.0. The molecule has 0 bridgehead atoms. The molecule has 0 saturated carbocycles. The van der Waals surface area contributed by atoms with Crippen molar-refractivity contribution in [2.24, 2.45) is 5.10 Å². The van der Waals surface area contributed by atoms with Gasteiger partial charge in [-0.05, 0) is 35.7 Å². The number of aliphatic hydroxyl groups is 1. The Hall–Kier alpha value is -2.76. The molecular weight excluding hydrogens is 404 g/mol. The number of carbonyl (C=O) groups excluding carboxylic acids is 1. The van der Waals surface area contributed by atoms with Gasteiger partial charge in [-0.15, -0.1) is 0 Å². The number of amides is 1. The van der Waals surface area contributed by atoms with Gasteiger partial charge in [0.05, 0.1) is 5.71 Å². The number of hydrazone groups is 1. The first-order valence-corrected chi connectivity index (χ1v) is 9.25. The van der Waals surface area contributed by atoms with Crippen molar-refractivity contribution in [2.75, 3.05) is 0 Å². The Morgan fingerprint density at radius 1 is 0.889 bits per heavy atom. The third kappa shape index (κ3) is 4.15. The van der Waals surface area contributed by atoms with Crippen LogP contribution in [0.3, 0.4) is 0 Å². The van der Waals surface area contributed by atoms with Crippen molar-refractivity contribution < 1.29 is 9.90 Å². The number of halogens is 1. The molecule has 0 radical (unpaired) electrons. The van der Waals surface area contributed by atoms with Crippen LogP contribution in [0.2, 0.25) is 0 Å². The van der Waals surface area contributed by atoms with Gasteiger partial charge in [-0.2, -0.15) is 5.10 Å². The van der Waals surface area contributed by atoms with E-state index in [0.29, 0.717) is 16.8 Å². The van der Waals surface area contributed by atoms with Crippen LogP contribution in [0.15, 0.2) is 94.5 Å². The van der Waals surface area contributed by atoms with E-state index in [4.69, 9.17) is 0 Å². The Balaban J connectivity index is 1.92. The van der Waals surface area contributed by atoms with Crippen molar-refractivity contribution in [3.8, 4) is 0 Å². The molecular formula is C22H19BrN2O2. The molecule has 0 fully saturated rings. The van der Waals surface area contributed by atoms with Crippen LogP contribution in [0.1, 0.15) is 23.6 Å². The number of rotatable bonds is 5. The van der Waals surface area contributed by atoms with Crippen LogP contribution in [0.5, 0.6) is 0 Å². The van der Waals surface area contributed by atoms with E-state index in [0.717, 1.165) is 10.0 Å². The standard InChI is InChI=1S/C22H19BrN2O2/c1-16(17-12-14-20(23)15-13-17)24-25-21(26)22(27,18-8-4-2-5-9-18)19-10-6-3-7-11-19/h2-15,27H,1H3,(H,25,26). The molecule has 5 heteroatoms. The minimum absolute atomic E-state index is 0.477. The second-order valence-corrected chi connectivity index (χ2v) is 7.00. The zero-order chi connectivity index (χ0) is 19.3. The lowest BCUT2D eigenvalue weighted by molar-refractivity contribution is -0.136. The fraction of sp³-hybridized carbons (Fsp3) is 0.0909. The molecule has 0 saturated heterocycles. The summed E-state index contributed by atoms with van der Waals surface area (Å²) in [6.07, 6.45) is 0. The number of benzene rings is 3. The van der Waals surface area contributed by atoms with Crippen LogP contribution in [-0.4, -0.2) is 16.7 Å². The molecule has 1 amide bonds. The van der Waals surface area contributed by atoms with Gasteiger partial charge in [0.15, 0.2) is 5.60 Å². The largest absolute Gasteiger partial charge is 0.372 e. The number of carbonyl (C=O) groups is 1. The lowest BCUT2D eigenvalue weighted by atomic mass is 9.85. The Morgan fingerprint density at radius 2 is 1.37 bits per heavy atom. The van der Waals surface area contributed by atoms with Crippen LogP contribution in [0.4, 0.5) is 0 Å². The number of hydrogen-bond donors (Lipinski definition) is 2. The monoisotopic (exact) mass is 422 g/mol. The number of nitrogens with one attached hydrogen (secondary N) is 1. The molecule has 0 heterocycles. The predicted molar refractivity (Wildman–Crippen MR) is 110 cm³/mol. The highest BCUT2D eigenvalue weighted by Gasteiger charge is 2.39. The lowest BCUT2D eigenvalue weighted by Gasteiger charge is -2.27. The van der Waals surface area contributed by atoms with E-state index in [-0.39, 0.29) is 0 Å². The quantitative estimate of drug-likeness (QED) is 0.477. The summed E-state index contributed by atoms with van der Waals surface area (Å²) in [4.78, 5) is 13.0. The van der Waals surface area contributed by atoms with Crippen LogP contribution in [-0.2, 0) is 10.4 Å². The molecule has 136 valence electrons.